The van der Waals surface area contributed by atoms with Crippen LogP contribution in [0.15, 0.2) is 39.4 Å². The number of piperidine rings is 1. The second-order valence-corrected chi connectivity index (χ2v) is 12.9. The van der Waals surface area contributed by atoms with Gasteiger partial charge >= 0.3 is 0 Å². The quantitative estimate of drug-likeness (QED) is 0.482. The summed E-state index contributed by atoms with van der Waals surface area (Å²) in [5, 5.41) is 11.6. The normalized spacial score (nSPS) is 20.8. The van der Waals surface area contributed by atoms with Gasteiger partial charge in [0, 0.05) is 19.2 Å². The molecule has 1 aliphatic rings. The summed E-state index contributed by atoms with van der Waals surface area (Å²) >= 11 is 6.56. The number of nitro groups is 1. The fourth-order valence-electron chi connectivity index (χ4n) is 3.50. The molecule has 0 saturated carbocycles. The van der Waals surface area contributed by atoms with Gasteiger partial charge in [-0.2, -0.15) is 4.31 Å². The Morgan fingerprint density at radius 2 is 1.77 bits per heavy atom. The van der Waals surface area contributed by atoms with E-state index < -0.39 is 30.7 Å². The molecule has 2 heterocycles. The van der Waals surface area contributed by atoms with Gasteiger partial charge in [-0.1, -0.05) is 25.4 Å². The Kier molecular flexibility index (Phi) is 6.44. The fraction of sp³-hybridized carbons (Fsp3) is 0.412. The molecule has 0 amide bonds. The van der Waals surface area contributed by atoms with Gasteiger partial charge in [-0.15, -0.1) is 11.3 Å². The van der Waals surface area contributed by atoms with Crippen LogP contribution < -0.4 is 4.72 Å². The molecule has 164 valence electrons. The van der Waals surface area contributed by atoms with Crippen molar-refractivity contribution in [2.24, 2.45) is 11.8 Å². The zero-order chi connectivity index (χ0) is 22.3. The molecule has 30 heavy (non-hydrogen) atoms. The molecular weight excluding hydrogens is 474 g/mol. The zero-order valence-electron chi connectivity index (χ0n) is 16.1. The Morgan fingerprint density at radius 1 is 1.13 bits per heavy atom. The molecule has 3 rings (SSSR count). The first kappa shape index (κ1) is 22.9. The molecule has 1 aromatic heterocycles. The maximum absolute atomic E-state index is 13.0. The predicted molar refractivity (Wildman–Crippen MR) is 115 cm³/mol. The van der Waals surface area contributed by atoms with Gasteiger partial charge in [-0.25, -0.2) is 16.8 Å². The summed E-state index contributed by atoms with van der Waals surface area (Å²) in [7, 11) is -8.07. The van der Waals surface area contributed by atoms with Crippen molar-refractivity contribution in [1.29, 1.82) is 0 Å². The van der Waals surface area contributed by atoms with Crippen LogP contribution in [0.4, 0.5) is 11.4 Å². The van der Waals surface area contributed by atoms with Gasteiger partial charge in [0.2, 0.25) is 10.0 Å². The number of benzene rings is 1. The molecule has 0 bridgehead atoms. The number of nitro benzene ring substituents is 1. The van der Waals surface area contributed by atoms with Crippen molar-refractivity contribution in [2.75, 3.05) is 17.8 Å². The highest BCUT2D eigenvalue weighted by molar-refractivity contribution is 7.94. The highest BCUT2D eigenvalue weighted by atomic mass is 35.5. The van der Waals surface area contributed by atoms with E-state index in [1.807, 2.05) is 13.8 Å². The van der Waals surface area contributed by atoms with E-state index in [0.29, 0.717) is 13.1 Å². The zero-order valence-corrected chi connectivity index (χ0v) is 19.3. The largest absolute Gasteiger partial charge is 0.294 e. The van der Waals surface area contributed by atoms with Crippen molar-refractivity contribution < 1.29 is 21.8 Å². The van der Waals surface area contributed by atoms with E-state index in [1.54, 1.807) is 0 Å². The van der Waals surface area contributed by atoms with Crippen molar-refractivity contribution in [3.8, 4) is 0 Å². The number of nitrogens with zero attached hydrogens (tertiary/aromatic N) is 2. The number of hydrogen-bond acceptors (Lipinski definition) is 7. The lowest BCUT2D eigenvalue weighted by Crippen LogP contribution is -2.42. The molecular formula is C17H20ClN3O6S3. The Labute approximate surface area is 183 Å². The maximum atomic E-state index is 13.0. The molecule has 0 radical (unpaired) electrons. The topological polar surface area (TPSA) is 127 Å². The molecule has 1 fully saturated rings. The summed E-state index contributed by atoms with van der Waals surface area (Å²) in [5.41, 5.74) is -0.982. The van der Waals surface area contributed by atoms with E-state index in [9.17, 15) is 26.9 Å². The van der Waals surface area contributed by atoms with Crippen LogP contribution in [0.1, 0.15) is 20.3 Å². The third kappa shape index (κ3) is 4.78. The number of nitrogens with one attached hydrogen (secondary N) is 1. The van der Waals surface area contributed by atoms with Crippen molar-refractivity contribution >= 4 is 54.4 Å². The van der Waals surface area contributed by atoms with Gasteiger partial charge < -0.3 is 0 Å². The lowest BCUT2D eigenvalue weighted by Gasteiger charge is -2.34. The second-order valence-electron chi connectivity index (χ2n) is 7.37. The molecule has 1 saturated heterocycles. The van der Waals surface area contributed by atoms with Crippen molar-refractivity contribution in [3.63, 3.8) is 0 Å². The number of rotatable bonds is 6. The van der Waals surface area contributed by atoms with E-state index in [0.717, 1.165) is 29.9 Å². The van der Waals surface area contributed by atoms with Crippen LogP contribution in [0.25, 0.3) is 0 Å². The summed E-state index contributed by atoms with van der Waals surface area (Å²) in [6, 6.07) is 5.82. The van der Waals surface area contributed by atoms with Crippen molar-refractivity contribution in [2.45, 2.75) is 29.4 Å². The first-order chi connectivity index (χ1) is 13.9. The van der Waals surface area contributed by atoms with Crippen LogP contribution in [-0.2, 0) is 20.0 Å². The molecule has 0 unspecified atom stereocenters. The molecule has 0 spiro atoms. The molecule has 9 nitrogen and oxygen atoms in total. The SMILES string of the molecule is C[C@H]1C[C@H](C)CN(S(=O)(=O)c2ccc(NS(=O)(=O)c3ccc(Cl)s3)c([N+](=O)[O-])c2)C1. The summed E-state index contributed by atoms with van der Waals surface area (Å²) in [5.74, 6) is 0.337. The minimum absolute atomic E-state index is 0.116. The summed E-state index contributed by atoms with van der Waals surface area (Å²) in [4.78, 5) is 10.5. The van der Waals surface area contributed by atoms with Gasteiger partial charge in [0.05, 0.1) is 14.2 Å². The number of thiophene rings is 1. The Balaban J connectivity index is 1.97. The molecule has 0 aliphatic carbocycles. The Hall–Kier alpha value is -1.73. The fourth-order valence-corrected chi connectivity index (χ4v) is 7.75. The van der Waals surface area contributed by atoms with E-state index in [-0.39, 0.29) is 31.0 Å². The summed E-state index contributed by atoms with van der Waals surface area (Å²) in [6.07, 6.45) is 0.902. The van der Waals surface area contributed by atoms with Crippen molar-refractivity contribution in [1.82, 2.24) is 4.31 Å². The average molecular weight is 494 g/mol. The summed E-state index contributed by atoms with van der Waals surface area (Å²) < 4.78 is 54.6. The minimum Gasteiger partial charge on any atom is -0.272 e. The van der Waals surface area contributed by atoms with Crippen LogP contribution in [0.5, 0.6) is 0 Å². The van der Waals surface area contributed by atoms with Crippen LogP contribution in [0.3, 0.4) is 0 Å². The highest BCUT2D eigenvalue weighted by Crippen LogP contribution is 2.34. The van der Waals surface area contributed by atoms with Gasteiger partial charge in [0.25, 0.3) is 15.7 Å². The Bertz CT molecular complexity index is 1170. The van der Waals surface area contributed by atoms with Crippen molar-refractivity contribution in [3.05, 3.63) is 44.8 Å². The number of hydrogen-bond donors (Lipinski definition) is 1. The molecule has 1 N–H and O–H groups in total. The second kappa shape index (κ2) is 8.42. The molecule has 13 heteroatoms. The van der Waals surface area contributed by atoms with Crippen LogP contribution >= 0.6 is 22.9 Å². The lowest BCUT2D eigenvalue weighted by atomic mass is 9.94. The van der Waals surface area contributed by atoms with E-state index in [2.05, 4.69) is 4.72 Å². The lowest BCUT2D eigenvalue weighted by molar-refractivity contribution is -0.384. The van der Waals surface area contributed by atoms with Gasteiger partial charge in [0.1, 0.15) is 9.90 Å². The standard InChI is InChI=1S/C17H20ClN3O6S3/c1-11-7-12(2)10-20(9-11)30(26,27)13-3-4-14(15(8-13)21(22)23)19-29(24,25)17-6-5-16(18)28-17/h3-6,8,11-12,19H,7,9-10H2,1-2H3/t11-,12-/m0/s1. The first-order valence-electron chi connectivity index (χ1n) is 8.97. The van der Waals surface area contributed by atoms with Crippen LogP contribution in [0.2, 0.25) is 4.34 Å². The third-order valence-corrected chi connectivity index (χ3v) is 9.61. The monoisotopic (exact) mass is 493 g/mol. The molecule has 1 aromatic carbocycles. The van der Waals surface area contributed by atoms with Gasteiger partial charge in [-0.3, -0.25) is 14.8 Å². The van der Waals surface area contributed by atoms with Gasteiger partial charge in [0.15, 0.2) is 0 Å². The van der Waals surface area contributed by atoms with Crippen LogP contribution in [0, 0.1) is 22.0 Å². The first-order valence-corrected chi connectivity index (χ1v) is 13.1. The average Bonchev–Trinajstić information content (AvgIpc) is 3.08. The molecule has 2 atom stereocenters. The Morgan fingerprint density at radius 3 is 2.30 bits per heavy atom. The number of anilines is 1. The number of halogens is 1. The van der Waals surface area contributed by atoms with E-state index in [1.165, 1.54) is 22.5 Å². The summed E-state index contributed by atoms with van der Waals surface area (Å²) in [6.45, 7) is 4.56. The van der Waals surface area contributed by atoms with E-state index in [4.69, 9.17) is 11.6 Å². The maximum Gasteiger partial charge on any atom is 0.294 e. The van der Waals surface area contributed by atoms with Gasteiger partial charge in [-0.05, 0) is 42.5 Å². The van der Waals surface area contributed by atoms with E-state index >= 15 is 0 Å². The highest BCUT2D eigenvalue weighted by Gasteiger charge is 2.33. The smallest absolute Gasteiger partial charge is 0.272 e. The molecule has 2 aromatic rings. The predicted octanol–water partition coefficient (Wildman–Crippen LogP) is 3.78. The third-order valence-electron chi connectivity index (χ3n) is 4.70. The molecule has 1 aliphatic heterocycles. The minimum atomic E-state index is -4.11. The van der Waals surface area contributed by atoms with Crippen LogP contribution in [-0.4, -0.2) is 39.2 Å². The number of sulfonamides is 2.